The minimum Gasteiger partial charge on any atom is -0.293 e. The Labute approximate surface area is 130 Å². The Bertz CT molecular complexity index is 621. The average molecular weight is 302 g/mol. The molecule has 0 fully saturated rings. The first-order valence-corrected chi connectivity index (χ1v) is 8.01. The van der Waals surface area contributed by atoms with E-state index in [2.05, 4.69) is 42.5 Å². The van der Waals surface area contributed by atoms with E-state index in [9.17, 15) is 4.79 Å². The summed E-state index contributed by atoms with van der Waals surface area (Å²) >= 11 is 1.20. The van der Waals surface area contributed by atoms with Crippen molar-refractivity contribution in [1.29, 1.82) is 0 Å². The van der Waals surface area contributed by atoms with Crippen LogP contribution in [0.25, 0.3) is 0 Å². The van der Waals surface area contributed by atoms with Crippen LogP contribution in [0.4, 0.5) is 0 Å². The molecule has 0 amide bonds. The van der Waals surface area contributed by atoms with E-state index < -0.39 is 0 Å². The molecule has 1 aromatic carbocycles. The predicted octanol–water partition coefficient (Wildman–Crippen LogP) is 4.38. The van der Waals surface area contributed by atoms with Crippen LogP contribution in [0.1, 0.15) is 67.0 Å². The highest BCUT2D eigenvalue weighted by atomic mass is 32.1. The number of carbonyl (C=O) groups is 1. The lowest BCUT2D eigenvalue weighted by molar-refractivity contribution is 0.0995. The van der Waals surface area contributed by atoms with Gasteiger partial charge in [0.1, 0.15) is 4.88 Å². The normalized spacial score (nSPS) is 11.9. The second-order valence-corrected chi connectivity index (χ2v) is 7.44. The van der Waals surface area contributed by atoms with E-state index in [4.69, 9.17) is 0 Å². The average Bonchev–Trinajstić information content (AvgIpc) is 2.87. The topological polar surface area (TPSA) is 42.9 Å². The fourth-order valence-corrected chi connectivity index (χ4v) is 2.91. The number of benzene rings is 1. The minimum atomic E-state index is 0.109. The van der Waals surface area contributed by atoms with Crippen LogP contribution in [0.3, 0.4) is 0 Å². The summed E-state index contributed by atoms with van der Waals surface area (Å²) in [4.78, 5) is 13.1. The molecule has 0 spiro atoms. The summed E-state index contributed by atoms with van der Waals surface area (Å²) in [6.45, 7) is 10.6. The molecule has 0 saturated heterocycles. The van der Waals surface area contributed by atoms with Gasteiger partial charge in [0.05, 0.1) is 5.69 Å². The Morgan fingerprint density at radius 2 is 1.81 bits per heavy atom. The fourth-order valence-electron chi connectivity index (χ4n) is 2.16. The van der Waals surface area contributed by atoms with Crippen LogP contribution in [0.15, 0.2) is 24.3 Å². The molecule has 1 aromatic heterocycles. The van der Waals surface area contributed by atoms with Crippen molar-refractivity contribution in [3.05, 3.63) is 46.0 Å². The van der Waals surface area contributed by atoms with Crippen molar-refractivity contribution in [2.45, 2.75) is 52.4 Å². The lowest BCUT2D eigenvalue weighted by Gasteiger charge is -2.19. The lowest BCUT2D eigenvalue weighted by Crippen LogP contribution is -2.11. The van der Waals surface area contributed by atoms with E-state index in [0.717, 1.165) is 11.3 Å². The van der Waals surface area contributed by atoms with Gasteiger partial charge in [-0.1, -0.05) is 63.4 Å². The molecule has 21 heavy (non-hydrogen) atoms. The highest BCUT2D eigenvalue weighted by molar-refractivity contribution is 7.08. The molecule has 0 aliphatic rings. The summed E-state index contributed by atoms with van der Waals surface area (Å²) in [7, 11) is 0. The first-order valence-electron chi connectivity index (χ1n) is 7.24. The highest BCUT2D eigenvalue weighted by Crippen LogP contribution is 2.24. The van der Waals surface area contributed by atoms with Crippen molar-refractivity contribution in [2.75, 3.05) is 0 Å². The van der Waals surface area contributed by atoms with Crippen molar-refractivity contribution in [3.63, 3.8) is 0 Å². The van der Waals surface area contributed by atoms with E-state index in [-0.39, 0.29) is 17.1 Å². The molecule has 3 nitrogen and oxygen atoms in total. The van der Waals surface area contributed by atoms with Crippen LogP contribution in [0.5, 0.6) is 0 Å². The van der Waals surface area contributed by atoms with Crippen molar-refractivity contribution in [2.24, 2.45) is 0 Å². The summed E-state index contributed by atoms with van der Waals surface area (Å²) in [6.07, 6.45) is 0.411. The Morgan fingerprint density at radius 1 is 1.19 bits per heavy atom. The molecular formula is C17H22N2OS. The zero-order chi connectivity index (χ0) is 15.6. The smallest absolute Gasteiger partial charge is 0.180 e. The van der Waals surface area contributed by atoms with Gasteiger partial charge in [-0.25, -0.2) is 0 Å². The van der Waals surface area contributed by atoms with Gasteiger partial charge in [0.15, 0.2) is 5.78 Å². The number of hydrogen-bond acceptors (Lipinski definition) is 4. The van der Waals surface area contributed by atoms with E-state index in [1.807, 2.05) is 26.0 Å². The molecule has 0 bridgehead atoms. The molecule has 0 aliphatic heterocycles. The SMILES string of the molecule is CC(C)c1nnsc1C(=O)Cc1ccc(C(C)(C)C)cc1. The molecule has 0 aliphatic carbocycles. The molecule has 0 unspecified atom stereocenters. The van der Waals surface area contributed by atoms with Gasteiger partial charge in [0, 0.05) is 6.42 Å². The Kier molecular flexibility index (Phi) is 4.57. The first-order chi connectivity index (χ1) is 9.79. The van der Waals surface area contributed by atoms with Crippen molar-refractivity contribution in [3.8, 4) is 0 Å². The van der Waals surface area contributed by atoms with Gasteiger partial charge >= 0.3 is 0 Å². The van der Waals surface area contributed by atoms with Crippen LogP contribution >= 0.6 is 11.5 Å². The zero-order valence-electron chi connectivity index (χ0n) is 13.3. The number of carbonyl (C=O) groups excluding carboxylic acids is 1. The van der Waals surface area contributed by atoms with E-state index in [1.54, 1.807) is 0 Å². The maximum absolute atomic E-state index is 12.4. The van der Waals surface area contributed by atoms with Crippen LogP contribution in [0, 0.1) is 0 Å². The number of nitrogens with zero attached hydrogens (tertiary/aromatic N) is 2. The van der Waals surface area contributed by atoms with Crippen molar-refractivity contribution >= 4 is 17.3 Å². The number of rotatable bonds is 4. The summed E-state index contributed by atoms with van der Waals surface area (Å²) in [5.41, 5.74) is 3.27. The monoisotopic (exact) mass is 302 g/mol. The number of aromatic nitrogens is 2. The molecule has 0 saturated carbocycles. The quantitative estimate of drug-likeness (QED) is 0.787. The Balaban J connectivity index is 2.15. The number of hydrogen-bond donors (Lipinski definition) is 0. The summed E-state index contributed by atoms with van der Waals surface area (Å²) in [5.74, 6) is 0.336. The molecule has 2 aromatic rings. The maximum Gasteiger partial charge on any atom is 0.180 e. The molecule has 2 rings (SSSR count). The van der Waals surface area contributed by atoms with E-state index in [0.29, 0.717) is 11.3 Å². The predicted molar refractivity (Wildman–Crippen MR) is 87.2 cm³/mol. The zero-order valence-corrected chi connectivity index (χ0v) is 14.1. The molecule has 0 atom stereocenters. The lowest BCUT2D eigenvalue weighted by atomic mass is 9.86. The Hall–Kier alpha value is -1.55. The third-order valence-electron chi connectivity index (χ3n) is 3.50. The van der Waals surface area contributed by atoms with Gasteiger partial charge in [-0.2, -0.15) is 0 Å². The van der Waals surface area contributed by atoms with Gasteiger partial charge in [-0.3, -0.25) is 4.79 Å². The largest absolute Gasteiger partial charge is 0.293 e. The first kappa shape index (κ1) is 15.8. The Morgan fingerprint density at radius 3 is 2.33 bits per heavy atom. The van der Waals surface area contributed by atoms with Gasteiger partial charge < -0.3 is 0 Å². The summed E-state index contributed by atoms with van der Waals surface area (Å²) in [5, 5.41) is 4.07. The van der Waals surface area contributed by atoms with Gasteiger partial charge in [0.2, 0.25) is 0 Å². The van der Waals surface area contributed by atoms with Crippen LogP contribution in [-0.4, -0.2) is 15.4 Å². The molecule has 1 heterocycles. The van der Waals surface area contributed by atoms with Gasteiger partial charge in [-0.05, 0) is 34.0 Å². The third-order valence-corrected chi connectivity index (χ3v) is 4.28. The van der Waals surface area contributed by atoms with Crippen molar-refractivity contribution in [1.82, 2.24) is 9.59 Å². The molecule has 0 N–H and O–H groups in total. The highest BCUT2D eigenvalue weighted by Gasteiger charge is 2.19. The second-order valence-electron chi connectivity index (χ2n) is 6.69. The molecule has 112 valence electrons. The molecular weight excluding hydrogens is 280 g/mol. The van der Waals surface area contributed by atoms with Gasteiger partial charge in [-0.15, -0.1) is 5.10 Å². The number of Topliss-reactive ketones (excluding diaryl/α,β-unsaturated/α-hetero) is 1. The van der Waals surface area contributed by atoms with Crippen molar-refractivity contribution < 1.29 is 4.79 Å². The minimum absolute atomic E-state index is 0.109. The fraction of sp³-hybridized carbons (Fsp3) is 0.471. The van der Waals surface area contributed by atoms with E-state index >= 15 is 0 Å². The second kappa shape index (κ2) is 6.06. The third kappa shape index (κ3) is 3.76. The van der Waals surface area contributed by atoms with Crippen LogP contribution in [-0.2, 0) is 11.8 Å². The maximum atomic E-state index is 12.4. The summed E-state index contributed by atoms with van der Waals surface area (Å²) in [6, 6.07) is 8.30. The van der Waals surface area contributed by atoms with E-state index in [1.165, 1.54) is 17.1 Å². The number of ketones is 1. The summed E-state index contributed by atoms with van der Waals surface area (Å²) < 4.78 is 3.92. The standard InChI is InChI=1S/C17H22N2OS/c1-11(2)15-16(21-19-18-15)14(20)10-12-6-8-13(9-7-12)17(3,4)5/h6-9,11H,10H2,1-5H3. The van der Waals surface area contributed by atoms with Crippen LogP contribution < -0.4 is 0 Å². The molecule has 4 heteroatoms. The van der Waals surface area contributed by atoms with Crippen LogP contribution in [0.2, 0.25) is 0 Å². The molecule has 0 radical (unpaired) electrons. The van der Waals surface area contributed by atoms with Gasteiger partial charge in [0.25, 0.3) is 0 Å².